The zero-order valence-electron chi connectivity index (χ0n) is 15.3. The van der Waals surface area contributed by atoms with E-state index in [4.69, 9.17) is 0 Å². The van der Waals surface area contributed by atoms with Gasteiger partial charge < -0.3 is 12.9 Å². The van der Waals surface area contributed by atoms with Crippen LogP contribution in [0.1, 0.15) is 15.9 Å². The lowest BCUT2D eigenvalue weighted by atomic mass is 9.79. The molecule has 0 atom stereocenters. The molecule has 0 saturated heterocycles. The van der Waals surface area contributed by atoms with Crippen molar-refractivity contribution in [3.05, 3.63) is 64.5 Å². The third-order valence-corrected chi connectivity index (χ3v) is 4.38. The van der Waals surface area contributed by atoms with E-state index in [2.05, 4.69) is 0 Å². The maximum Gasteiger partial charge on any atom is 0.515 e. The molecule has 0 radical (unpaired) electrons. The number of hydrogen-bond donors (Lipinski definition) is 0. The van der Waals surface area contributed by atoms with Crippen LogP contribution in [-0.2, 0) is 14.1 Å². The van der Waals surface area contributed by atoms with Crippen LogP contribution in [0.15, 0.2) is 24.3 Å². The Hall–Kier alpha value is -2.24. The lowest BCUT2D eigenvalue weighted by Crippen LogP contribution is -2.41. The number of rotatable bonds is 4. The van der Waals surface area contributed by atoms with E-state index in [-0.39, 0.29) is 11.5 Å². The fraction of sp³-hybridized carbons (Fsp3) is 0.235. The van der Waals surface area contributed by atoms with E-state index in [1.54, 1.807) is 24.6 Å². The molecule has 0 saturated carbocycles. The first-order valence-electron chi connectivity index (χ1n) is 7.79. The van der Waals surface area contributed by atoms with Crippen molar-refractivity contribution >= 4 is 28.2 Å². The summed E-state index contributed by atoms with van der Waals surface area (Å²) in [5.41, 5.74) is -0.964. The van der Waals surface area contributed by atoms with E-state index in [9.17, 15) is 43.9 Å². The van der Waals surface area contributed by atoms with Crippen LogP contribution in [0.5, 0.6) is 0 Å². The quantitative estimate of drug-likeness (QED) is 0.175. The number of hydrogen-bond acceptors (Lipinski definition) is 2. The molecule has 2 rings (SSSR count). The summed E-state index contributed by atoms with van der Waals surface area (Å²) >= 11 is 0. The van der Waals surface area contributed by atoms with Gasteiger partial charge in [-0.25, -0.2) is 22.0 Å². The highest BCUT2D eigenvalue weighted by molar-refractivity contribution is 8.02. The van der Waals surface area contributed by atoms with Gasteiger partial charge in [-0.2, -0.15) is 0 Å². The van der Waals surface area contributed by atoms with Crippen molar-refractivity contribution < 1.29 is 43.9 Å². The summed E-state index contributed by atoms with van der Waals surface area (Å²) in [6.07, 6.45) is 3.22. The molecule has 0 aliphatic rings. The average Bonchev–Trinajstić information content (AvgIpc) is 2.57. The molecule has 0 unspecified atom stereocenters. The van der Waals surface area contributed by atoms with Crippen LogP contribution in [0.25, 0.3) is 0 Å². The fourth-order valence-corrected chi connectivity index (χ4v) is 2.85. The maximum atomic E-state index is 12.5. The minimum Gasteiger partial charge on any atom is -0.445 e. The number of aryl methyl sites for hydroxylation is 1. The van der Waals surface area contributed by atoms with E-state index in [0.29, 0.717) is 5.56 Å². The summed E-state index contributed by atoms with van der Waals surface area (Å²) in [6.45, 7) is -4.33. The molecule has 2 aromatic carbocycles. The first-order valence-corrected chi connectivity index (χ1v) is 10.3. The van der Waals surface area contributed by atoms with E-state index in [0.717, 1.165) is 5.56 Å². The van der Waals surface area contributed by atoms with Gasteiger partial charge in [-0.05, 0) is 12.4 Å². The van der Waals surface area contributed by atoms with Gasteiger partial charge in [-0.15, -0.1) is 4.21 Å². The monoisotopic (exact) mass is 446 g/mol. The molecule has 0 N–H and O–H groups in total. The minimum absolute atomic E-state index is 0.0417. The molecule has 0 fully saturated rings. The van der Waals surface area contributed by atoms with Gasteiger partial charge in [0, 0.05) is 5.56 Å². The third-order valence-electron chi connectivity index (χ3n) is 3.42. The molecule has 0 spiro atoms. The maximum absolute atomic E-state index is 12.5. The molecule has 160 valence electrons. The highest BCUT2D eigenvalue weighted by Crippen LogP contribution is 2.21. The van der Waals surface area contributed by atoms with Gasteiger partial charge in [0.2, 0.25) is 5.78 Å². The van der Waals surface area contributed by atoms with E-state index in [1.807, 2.05) is 19.1 Å². The Morgan fingerprint density at radius 3 is 1.55 bits per heavy atom. The summed E-state index contributed by atoms with van der Waals surface area (Å²) in [5, 5.41) is 0. The lowest BCUT2D eigenvalue weighted by Gasteiger charge is -2.17. The predicted octanol–water partition coefficient (Wildman–Crippen LogP) is 4.37. The average molecular weight is 446 g/mol. The highest BCUT2D eigenvalue weighted by atomic mass is 32.2. The van der Waals surface area contributed by atoms with Crippen LogP contribution in [-0.4, -0.2) is 31.0 Å². The summed E-state index contributed by atoms with van der Waals surface area (Å²) in [5.74, 6) is -13.5. The second-order valence-corrected chi connectivity index (χ2v) is 9.59. The van der Waals surface area contributed by atoms with Gasteiger partial charge in [0.15, 0.2) is 23.2 Å². The van der Waals surface area contributed by atoms with Crippen molar-refractivity contribution in [3.8, 4) is 0 Å². The Labute approximate surface area is 162 Å². The van der Waals surface area contributed by atoms with Crippen LogP contribution in [0.4, 0.5) is 34.9 Å². The zero-order chi connectivity index (χ0) is 22.7. The lowest BCUT2D eigenvalue weighted by molar-refractivity contribution is 0.102. The Morgan fingerprint density at radius 1 is 0.828 bits per heavy atom. The predicted molar refractivity (Wildman–Crippen MR) is 95.2 cm³/mol. The molecule has 0 aliphatic heterocycles. The Bertz CT molecular complexity index is 922. The molecule has 0 aromatic heterocycles. The molecule has 12 heteroatoms. The molecule has 0 aliphatic carbocycles. The number of halogens is 8. The molecule has 2 aromatic rings. The first kappa shape index (κ1) is 24.8. The SMILES string of the molecule is Cc1ccc(C(=O)C[S+](C)(C)=O)cc1.Fc1c(F)c(F)c([B-](F)(F)F)c(F)c1F. The topological polar surface area (TPSA) is 34.1 Å². The number of Topliss-reactive ketones (excluding diaryl/α,β-unsaturated/α-hetero) is 1. The minimum atomic E-state index is -6.30. The van der Waals surface area contributed by atoms with E-state index < -0.39 is 51.5 Å². The van der Waals surface area contributed by atoms with Crippen molar-refractivity contribution in [2.45, 2.75) is 6.92 Å². The normalized spacial score (nSPS) is 11.7. The summed E-state index contributed by atoms with van der Waals surface area (Å²) in [7, 11) is -1.98. The molecular formula is C17H15BF8O2S. The molecule has 2 nitrogen and oxygen atoms in total. The summed E-state index contributed by atoms with van der Waals surface area (Å²) in [6, 6.07) is 7.34. The second-order valence-electron chi connectivity index (χ2n) is 6.43. The number of benzene rings is 2. The second kappa shape index (κ2) is 9.06. The van der Waals surface area contributed by atoms with Crippen LogP contribution < -0.4 is 5.46 Å². The van der Waals surface area contributed by atoms with Crippen LogP contribution in [0, 0.1) is 36.0 Å². The zero-order valence-corrected chi connectivity index (χ0v) is 16.2. The van der Waals surface area contributed by atoms with Crippen LogP contribution in [0.3, 0.4) is 0 Å². The third kappa shape index (κ3) is 6.65. The number of ketones is 1. The number of carbonyl (C=O) groups is 1. The fourth-order valence-electron chi connectivity index (χ4n) is 2.05. The Morgan fingerprint density at radius 2 is 1.21 bits per heavy atom. The Balaban J connectivity index is 0.000000291. The molecule has 0 bridgehead atoms. The Kier molecular flexibility index (Phi) is 7.75. The van der Waals surface area contributed by atoms with Crippen molar-refractivity contribution in [1.29, 1.82) is 0 Å². The molecular weight excluding hydrogens is 431 g/mol. The van der Waals surface area contributed by atoms with E-state index >= 15 is 0 Å². The highest BCUT2D eigenvalue weighted by Gasteiger charge is 2.37. The van der Waals surface area contributed by atoms with Crippen molar-refractivity contribution in [2.75, 3.05) is 18.3 Å². The van der Waals surface area contributed by atoms with Gasteiger partial charge in [0.05, 0.1) is 9.93 Å². The van der Waals surface area contributed by atoms with Gasteiger partial charge in [0.1, 0.15) is 24.1 Å². The first-order chi connectivity index (χ1) is 13.1. The van der Waals surface area contributed by atoms with Gasteiger partial charge in [-0.1, -0.05) is 29.8 Å². The summed E-state index contributed by atoms with van der Waals surface area (Å²) < 4.78 is 109. The van der Waals surface area contributed by atoms with Gasteiger partial charge in [0.25, 0.3) is 0 Å². The van der Waals surface area contributed by atoms with Gasteiger partial charge in [-0.3, -0.25) is 4.79 Å². The van der Waals surface area contributed by atoms with Crippen LogP contribution in [0.2, 0.25) is 0 Å². The van der Waals surface area contributed by atoms with Crippen molar-refractivity contribution in [3.63, 3.8) is 0 Å². The smallest absolute Gasteiger partial charge is 0.445 e. The van der Waals surface area contributed by atoms with Gasteiger partial charge >= 0.3 is 6.98 Å². The number of carbonyl (C=O) groups excluding carboxylic acids is 1. The van der Waals surface area contributed by atoms with Crippen molar-refractivity contribution in [2.24, 2.45) is 0 Å². The molecule has 29 heavy (non-hydrogen) atoms. The van der Waals surface area contributed by atoms with Crippen molar-refractivity contribution in [1.82, 2.24) is 0 Å². The summed E-state index contributed by atoms with van der Waals surface area (Å²) in [4.78, 5) is 11.6. The molecule has 0 heterocycles. The van der Waals surface area contributed by atoms with E-state index in [1.165, 1.54) is 0 Å². The standard InChI is InChI=1S/C11H15O2S.C6BF8/c1-9-4-6-10(7-5-9)11(12)8-14(2,3)13;8-2-1(7(13,14)15)3(9)5(11)6(12)4(2)10/h4-7H,8H2,1-3H3;/q+1;-1. The largest absolute Gasteiger partial charge is 0.515 e. The van der Waals surface area contributed by atoms with Crippen LogP contribution >= 0.6 is 0 Å². The molecule has 0 amide bonds.